The van der Waals surface area contributed by atoms with E-state index >= 15 is 0 Å². The van der Waals surface area contributed by atoms with Crippen LogP contribution >= 0.6 is 0 Å². The van der Waals surface area contributed by atoms with Crippen LogP contribution in [0.2, 0.25) is 0 Å². The van der Waals surface area contributed by atoms with Gasteiger partial charge < -0.3 is 73.5 Å². The first-order valence-corrected chi connectivity index (χ1v) is 15.9. The maximum atomic E-state index is 13.1. The second-order valence-corrected chi connectivity index (χ2v) is 14.0. The Morgan fingerprint density at radius 2 is 1.77 bits per heavy atom. The van der Waals surface area contributed by atoms with Crippen LogP contribution < -0.4 is 38.9 Å². The van der Waals surface area contributed by atoms with Gasteiger partial charge >= 0.3 is 0 Å². The number of rotatable bonds is 10. The SMILES string of the molecule is CN[C@@H]1[C@@H](O)[C@@H](O[C@H]2[C@H](NC(=O)C3(O)CC(N)C3)C[C@H](N)C([C@H]3OC(CNCC4CC(N)C4)=CC[C@H]3N)[C@@H]2O)OC[C@]1(C)O. The maximum absolute atomic E-state index is 13.1. The Morgan fingerprint density at radius 3 is 2.41 bits per heavy atom. The Morgan fingerprint density at radius 1 is 1.07 bits per heavy atom. The molecule has 0 aromatic heterocycles. The molecule has 1 amide bonds. The summed E-state index contributed by atoms with van der Waals surface area (Å²) in [6.07, 6.45) is -0.777. The average molecular weight is 628 g/mol. The molecule has 11 atom stereocenters. The van der Waals surface area contributed by atoms with Crippen LogP contribution in [-0.4, -0.2) is 131 Å². The van der Waals surface area contributed by atoms with E-state index in [1.54, 1.807) is 7.05 Å². The minimum Gasteiger partial charge on any atom is -0.492 e. The summed E-state index contributed by atoms with van der Waals surface area (Å²) in [5.74, 6) is -0.0729. The zero-order valence-electron chi connectivity index (χ0n) is 25.7. The predicted octanol–water partition coefficient (Wildman–Crippen LogP) is -4.20. The maximum Gasteiger partial charge on any atom is 0.252 e. The molecule has 2 aliphatic heterocycles. The van der Waals surface area contributed by atoms with E-state index in [-0.39, 0.29) is 38.0 Å². The zero-order valence-corrected chi connectivity index (χ0v) is 25.7. The second-order valence-electron chi connectivity index (χ2n) is 14.0. The molecule has 252 valence electrons. The lowest BCUT2D eigenvalue weighted by molar-refractivity contribution is -0.297. The van der Waals surface area contributed by atoms with E-state index < -0.39 is 77.9 Å². The fraction of sp³-hybridized carbons (Fsp3) is 0.897. The largest absolute Gasteiger partial charge is 0.492 e. The first-order valence-electron chi connectivity index (χ1n) is 15.9. The molecule has 5 rings (SSSR count). The number of carbonyl (C=O) groups excluding carboxylic acids is 1. The smallest absolute Gasteiger partial charge is 0.252 e. The van der Waals surface area contributed by atoms with Gasteiger partial charge in [0, 0.05) is 42.9 Å². The minimum atomic E-state index is -1.63. The van der Waals surface area contributed by atoms with Gasteiger partial charge in [-0.05, 0) is 58.2 Å². The first-order chi connectivity index (χ1) is 20.7. The molecule has 0 spiro atoms. The van der Waals surface area contributed by atoms with Gasteiger partial charge in [0.15, 0.2) is 6.29 Å². The molecule has 15 N–H and O–H groups in total. The van der Waals surface area contributed by atoms with Crippen molar-refractivity contribution in [3.63, 3.8) is 0 Å². The highest BCUT2D eigenvalue weighted by Crippen LogP contribution is 2.38. The van der Waals surface area contributed by atoms with Crippen LogP contribution in [0.15, 0.2) is 11.8 Å². The van der Waals surface area contributed by atoms with E-state index in [2.05, 4.69) is 16.0 Å². The van der Waals surface area contributed by atoms with Crippen molar-refractivity contribution < 1.29 is 39.4 Å². The Bertz CT molecular complexity index is 1040. The van der Waals surface area contributed by atoms with E-state index in [0.717, 1.165) is 19.4 Å². The van der Waals surface area contributed by atoms with Crippen molar-refractivity contribution in [2.45, 2.75) is 124 Å². The zero-order chi connectivity index (χ0) is 32.0. The van der Waals surface area contributed by atoms with Crippen molar-refractivity contribution in [3.8, 4) is 0 Å². The summed E-state index contributed by atoms with van der Waals surface area (Å²) in [4.78, 5) is 13.1. The number of carbonyl (C=O) groups is 1. The summed E-state index contributed by atoms with van der Waals surface area (Å²) >= 11 is 0. The van der Waals surface area contributed by atoms with E-state index in [1.807, 2.05) is 6.08 Å². The lowest BCUT2D eigenvalue weighted by Gasteiger charge is -2.51. The molecule has 3 saturated carbocycles. The van der Waals surface area contributed by atoms with Crippen LogP contribution in [0.4, 0.5) is 0 Å². The molecule has 15 heteroatoms. The minimum absolute atomic E-state index is 0.110. The number of ether oxygens (including phenoxy) is 3. The van der Waals surface area contributed by atoms with Crippen LogP contribution in [0.25, 0.3) is 0 Å². The molecule has 0 bridgehead atoms. The number of nitrogens with one attached hydrogen (secondary N) is 3. The molecule has 15 nitrogen and oxygen atoms in total. The van der Waals surface area contributed by atoms with Gasteiger partial charge in [-0.2, -0.15) is 0 Å². The number of likely N-dealkylation sites (N-methyl/N-ethyl adjacent to an activating group) is 1. The molecular weight excluding hydrogens is 574 g/mol. The van der Waals surface area contributed by atoms with Gasteiger partial charge in [-0.1, -0.05) is 0 Å². The molecule has 0 aromatic rings. The number of aliphatic hydroxyl groups excluding tert-OH is 2. The standard InChI is InChI=1S/C29H53N7O8/c1-28(40)12-42-26(22(38)25(28)34-2)44-24-19(36-27(39)29(41)8-15(31)9-29)7-18(33)20(21(24)37)23-17(32)4-3-16(43-23)11-35-10-13-5-14(30)6-13/h3,13-15,17-26,34-35,37-38,40-41H,4-12,30-33H2,1-2H3,(H,36,39)/t13?,14?,15?,17-,18+,19-,20?,21+,22-,23+,24+,25-,26-,28+,29?/m1/s1. The van der Waals surface area contributed by atoms with Crippen LogP contribution in [0.5, 0.6) is 0 Å². The molecule has 44 heavy (non-hydrogen) atoms. The molecule has 1 saturated heterocycles. The number of hydrogen-bond acceptors (Lipinski definition) is 14. The summed E-state index contributed by atoms with van der Waals surface area (Å²) < 4.78 is 18.3. The fourth-order valence-electron chi connectivity index (χ4n) is 7.61. The Kier molecular flexibility index (Phi) is 10.3. The van der Waals surface area contributed by atoms with Gasteiger partial charge in [0.05, 0.1) is 31.3 Å². The summed E-state index contributed by atoms with van der Waals surface area (Å²) in [6.45, 7) is 2.72. The first kappa shape index (κ1) is 33.9. The van der Waals surface area contributed by atoms with Crippen molar-refractivity contribution in [1.82, 2.24) is 16.0 Å². The third-order valence-electron chi connectivity index (χ3n) is 10.2. The molecule has 5 aliphatic rings. The van der Waals surface area contributed by atoms with Crippen LogP contribution in [0.1, 0.15) is 45.4 Å². The highest BCUT2D eigenvalue weighted by atomic mass is 16.7. The lowest BCUT2D eigenvalue weighted by Crippen LogP contribution is -2.70. The van der Waals surface area contributed by atoms with E-state index in [9.17, 15) is 25.2 Å². The van der Waals surface area contributed by atoms with Gasteiger partial charge in [-0.3, -0.25) is 4.79 Å². The van der Waals surface area contributed by atoms with Crippen LogP contribution in [0.3, 0.4) is 0 Å². The average Bonchev–Trinajstić information content (AvgIpc) is 2.91. The summed E-state index contributed by atoms with van der Waals surface area (Å²) in [6, 6.07) is -2.77. The van der Waals surface area contributed by atoms with Gasteiger partial charge in [0.25, 0.3) is 5.91 Å². The fourth-order valence-corrected chi connectivity index (χ4v) is 7.61. The molecular formula is C29H53N7O8. The Balaban J connectivity index is 1.31. The number of amides is 1. The Labute approximate surface area is 258 Å². The van der Waals surface area contributed by atoms with Crippen molar-refractivity contribution in [2.75, 3.05) is 26.7 Å². The number of aliphatic hydroxyl groups is 4. The molecule has 0 aromatic carbocycles. The van der Waals surface area contributed by atoms with Gasteiger partial charge in [-0.25, -0.2) is 0 Å². The molecule has 2 heterocycles. The normalized spacial score (nSPS) is 49.2. The highest BCUT2D eigenvalue weighted by Gasteiger charge is 2.55. The molecule has 1 unspecified atom stereocenters. The third-order valence-corrected chi connectivity index (χ3v) is 10.2. The van der Waals surface area contributed by atoms with Gasteiger partial charge in [0.2, 0.25) is 0 Å². The topological polar surface area (TPSA) is 266 Å². The summed E-state index contributed by atoms with van der Waals surface area (Å²) in [5, 5.41) is 53.6. The number of nitrogens with two attached hydrogens (primary N) is 4. The van der Waals surface area contributed by atoms with Crippen LogP contribution in [-0.2, 0) is 19.0 Å². The van der Waals surface area contributed by atoms with E-state index in [1.165, 1.54) is 6.92 Å². The summed E-state index contributed by atoms with van der Waals surface area (Å²) in [7, 11) is 1.60. The highest BCUT2D eigenvalue weighted by molar-refractivity contribution is 5.86. The third kappa shape index (κ3) is 6.94. The lowest BCUT2D eigenvalue weighted by atomic mass is 9.71. The van der Waals surface area contributed by atoms with Gasteiger partial charge in [-0.15, -0.1) is 0 Å². The van der Waals surface area contributed by atoms with E-state index in [0.29, 0.717) is 24.6 Å². The van der Waals surface area contributed by atoms with Crippen molar-refractivity contribution in [1.29, 1.82) is 0 Å². The predicted molar refractivity (Wildman–Crippen MR) is 159 cm³/mol. The molecule has 0 radical (unpaired) electrons. The van der Waals surface area contributed by atoms with Crippen LogP contribution in [0, 0.1) is 11.8 Å². The Hall–Kier alpha value is -1.47. The van der Waals surface area contributed by atoms with Crippen molar-refractivity contribution >= 4 is 5.91 Å². The number of hydrogen-bond donors (Lipinski definition) is 11. The quantitative estimate of drug-likeness (QED) is 0.110. The second kappa shape index (κ2) is 13.3. The van der Waals surface area contributed by atoms with E-state index in [4.69, 9.17) is 37.1 Å². The molecule has 3 aliphatic carbocycles. The summed E-state index contributed by atoms with van der Waals surface area (Å²) in [5.41, 5.74) is 21.9. The molecule has 4 fully saturated rings. The van der Waals surface area contributed by atoms with Crippen molar-refractivity contribution in [2.24, 2.45) is 34.8 Å². The van der Waals surface area contributed by atoms with Gasteiger partial charge in [0.1, 0.15) is 35.3 Å². The van der Waals surface area contributed by atoms with Crippen molar-refractivity contribution in [3.05, 3.63) is 11.8 Å². The monoisotopic (exact) mass is 627 g/mol.